The first-order valence-corrected chi connectivity index (χ1v) is 6.79. The van der Waals surface area contributed by atoms with Crippen LogP contribution in [0.3, 0.4) is 0 Å². The van der Waals surface area contributed by atoms with Crippen molar-refractivity contribution < 1.29 is 9.21 Å². The van der Waals surface area contributed by atoms with Gasteiger partial charge in [-0.2, -0.15) is 5.10 Å². The lowest BCUT2D eigenvalue weighted by Crippen LogP contribution is -2.34. The van der Waals surface area contributed by atoms with Gasteiger partial charge in [0.1, 0.15) is 5.76 Å². The topological polar surface area (TPSA) is 51.3 Å². The number of carbonyl (C=O) groups excluding carboxylic acids is 1. The quantitative estimate of drug-likeness (QED) is 0.843. The summed E-state index contributed by atoms with van der Waals surface area (Å²) >= 11 is 0. The fourth-order valence-corrected chi connectivity index (χ4v) is 2.08. The summed E-state index contributed by atoms with van der Waals surface area (Å²) in [6.07, 6.45) is 1.62. The van der Waals surface area contributed by atoms with Gasteiger partial charge in [0, 0.05) is 19.3 Å². The fourth-order valence-electron chi connectivity index (χ4n) is 2.08. The maximum atomic E-state index is 12.6. The van der Waals surface area contributed by atoms with E-state index in [0.717, 1.165) is 11.5 Å². The highest BCUT2D eigenvalue weighted by Gasteiger charge is 2.21. The minimum absolute atomic E-state index is 0.0567. The van der Waals surface area contributed by atoms with E-state index in [1.165, 1.54) is 0 Å². The molecule has 2 rings (SSSR count). The average molecular weight is 275 g/mol. The first-order chi connectivity index (χ1) is 9.47. The number of carbonyl (C=O) groups is 1. The van der Waals surface area contributed by atoms with Gasteiger partial charge in [-0.15, -0.1) is 0 Å². The number of furan rings is 1. The van der Waals surface area contributed by atoms with Crippen molar-refractivity contribution in [2.24, 2.45) is 13.0 Å². The number of hydrogen-bond donors (Lipinski definition) is 0. The van der Waals surface area contributed by atoms with Crippen LogP contribution in [0, 0.1) is 12.8 Å². The Hall–Kier alpha value is -2.04. The zero-order valence-corrected chi connectivity index (χ0v) is 12.5. The van der Waals surface area contributed by atoms with E-state index in [0.29, 0.717) is 24.7 Å². The molecule has 5 nitrogen and oxygen atoms in total. The van der Waals surface area contributed by atoms with E-state index < -0.39 is 0 Å². The highest BCUT2D eigenvalue weighted by Crippen LogP contribution is 2.13. The maximum absolute atomic E-state index is 12.6. The van der Waals surface area contributed by atoms with Gasteiger partial charge in [0.15, 0.2) is 5.69 Å². The summed E-state index contributed by atoms with van der Waals surface area (Å²) in [5.41, 5.74) is 1.45. The molecule has 0 radical (unpaired) electrons. The van der Waals surface area contributed by atoms with Crippen molar-refractivity contribution in [2.45, 2.75) is 27.3 Å². The van der Waals surface area contributed by atoms with Gasteiger partial charge in [0.05, 0.1) is 12.8 Å². The molecule has 20 heavy (non-hydrogen) atoms. The molecule has 5 heteroatoms. The summed E-state index contributed by atoms with van der Waals surface area (Å²) in [5.74, 6) is 1.11. The Morgan fingerprint density at radius 3 is 2.75 bits per heavy atom. The number of nitrogens with zero attached hydrogens (tertiary/aromatic N) is 3. The van der Waals surface area contributed by atoms with Crippen molar-refractivity contribution in [2.75, 3.05) is 6.54 Å². The maximum Gasteiger partial charge on any atom is 0.274 e. The van der Waals surface area contributed by atoms with Crippen LogP contribution in [-0.4, -0.2) is 27.1 Å². The number of hydrogen-bond acceptors (Lipinski definition) is 3. The Morgan fingerprint density at radius 1 is 1.50 bits per heavy atom. The fraction of sp³-hybridized carbons (Fsp3) is 0.467. The molecule has 0 saturated carbocycles. The van der Waals surface area contributed by atoms with Crippen LogP contribution in [-0.2, 0) is 13.6 Å². The average Bonchev–Trinajstić information content (AvgIpc) is 2.98. The molecule has 1 amide bonds. The number of aryl methyl sites for hydroxylation is 2. The lowest BCUT2D eigenvalue weighted by atomic mass is 10.2. The predicted octanol–water partition coefficient (Wildman–Crippen LogP) is 2.62. The van der Waals surface area contributed by atoms with Crippen molar-refractivity contribution in [3.63, 3.8) is 0 Å². The minimum atomic E-state index is -0.0567. The van der Waals surface area contributed by atoms with Gasteiger partial charge in [0.2, 0.25) is 0 Å². The molecule has 0 unspecified atom stereocenters. The van der Waals surface area contributed by atoms with Crippen LogP contribution in [0.4, 0.5) is 0 Å². The van der Waals surface area contributed by atoms with E-state index in [2.05, 4.69) is 18.9 Å². The van der Waals surface area contributed by atoms with Gasteiger partial charge in [-0.3, -0.25) is 9.48 Å². The van der Waals surface area contributed by atoms with Gasteiger partial charge >= 0.3 is 0 Å². The van der Waals surface area contributed by atoms with Crippen LogP contribution < -0.4 is 0 Å². The Labute approximate surface area is 119 Å². The van der Waals surface area contributed by atoms with Crippen molar-refractivity contribution in [1.82, 2.24) is 14.7 Å². The highest BCUT2D eigenvalue weighted by atomic mass is 16.3. The smallest absolute Gasteiger partial charge is 0.274 e. The number of aromatic nitrogens is 2. The minimum Gasteiger partial charge on any atom is -0.467 e. The van der Waals surface area contributed by atoms with Crippen molar-refractivity contribution in [1.29, 1.82) is 0 Å². The molecule has 0 atom stereocenters. The lowest BCUT2D eigenvalue weighted by molar-refractivity contribution is 0.0703. The Morgan fingerprint density at radius 2 is 2.25 bits per heavy atom. The second-order valence-electron chi connectivity index (χ2n) is 5.45. The standard InChI is InChI=1S/C15H21N3O2/c1-11(2)9-18(10-13-6-5-7-20-13)15(19)14-8-12(3)17(4)16-14/h5-8,11H,9-10H2,1-4H3. The van der Waals surface area contributed by atoms with Crippen molar-refractivity contribution >= 4 is 5.91 Å². The normalized spacial score (nSPS) is 11.1. The second-order valence-corrected chi connectivity index (χ2v) is 5.45. The van der Waals surface area contributed by atoms with Crippen LogP contribution >= 0.6 is 0 Å². The summed E-state index contributed by atoms with van der Waals surface area (Å²) in [6.45, 7) is 7.26. The molecule has 0 bridgehead atoms. The summed E-state index contributed by atoms with van der Waals surface area (Å²) in [5, 5.41) is 4.26. The molecule has 2 aromatic rings. The molecule has 0 spiro atoms. The molecule has 0 aliphatic carbocycles. The van der Waals surface area contributed by atoms with E-state index in [4.69, 9.17) is 4.42 Å². The molecule has 2 heterocycles. The molecule has 2 aromatic heterocycles. The molecule has 0 fully saturated rings. The van der Waals surface area contributed by atoms with Gasteiger partial charge < -0.3 is 9.32 Å². The Kier molecular flexibility index (Phi) is 4.27. The molecule has 0 aliphatic rings. The van der Waals surface area contributed by atoms with E-state index >= 15 is 0 Å². The van der Waals surface area contributed by atoms with Crippen molar-refractivity contribution in [3.05, 3.63) is 41.6 Å². The van der Waals surface area contributed by atoms with Gasteiger partial charge in [-0.05, 0) is 31.0 Å². The molecular weight excluding hydrogens is 254 g/mol. The van der Waals surface area contributed by atoms with E-state index in [9.17, 15) is 4.79 Å². The third-order valence-corrected chi connectivity index (χ3v) is 3.13. The first-order valence-electron chi connectivity index (χ1n) is 6.79. The summed E-state index contributed by atoms with van der Waals surface area (Å²) in [6, 6.07) is 5.53. The first kappa shape index (κ1) is 14.4. The summed E-state index contributed by atoms with van der Waals surface area (Å²) < 4.78 is 7.06. The van der Waals surface area contributed by atoms with E-state index in [-0.39, 0.29) is 5.91 Å². The van der Waals surface area contributed by atoms with Gasteiger partial charge in [-0.1, -0.05) is 13.8 Å². The number of rotatable bonds is 5. The zero-order chi connectivity index (χ0) is 14.7. The largest absolute Gasteiger partial charge is 0.467 e. The highest BCUT2D eigenvalue weighted by molar-refractivity contribution is 5.92. The van der Waals surface area contributed by atoms with Gasteiger partial charge in [-0.25, -0.2) is 0 Å². The van der Waals surface area contributed by atoms with E-state index in [1.807, 2.05) is 32.2 Å². The summed E-state index contributed by atoms with van der Waals surface area (Å²) in [7, 11) is 1.84. The van der Waals surface area contributed by atoms with Crippen LogP contribution in [0.25, 0.3) is 0 Å². The molecule has 0 aliphatic heterocycles. The second kappa shape index (κ2) is 5.94. The molecule has 0 N–H and O–H groups in total. The Bertz CT molecular complexity index is 550. The lowest BCUT2D eigenvalue weighted by Gasteiger charge is -2.22. The van der Waals surface area contributed by atoms with Crippen molar-refractivity contribution in [3.8, 4) is 0 Å². The van der Waals surface area contributed by atoms with Crippen LogP contribution in [0.5, 0.6) is 0 Å². The van der Waals surface area contributed by atoms with Gasteiger partial charge in [0.25, 0.3) is 5.91 Å². The van der Waals surface area contributed by atoms with Crippen LogP contribution in [0.2, 0.25) is 0 Å². The SMILES string of the molecule is Cc1cc(C(=O)N(Cc2ccco2)CC(C)C)nn1C. The molecule has 0 saturated heterocycles. The zero-order valence-electron chi connectivity index (χ0n) is 12.5. The molecule has 108 valence electrons. The molecule has 0 aromatic carbocycles. The third-order valence-electron chi connectivity index (χ3n) is 3.13. The van der Waals surface area contributed by atoms with E-state index in [1.54, 1.807) is 15.8 Å². The predicted molar refractivity (Wildman–Crippen MR) is 76.2 cm³/mol. The van der Waals surface area contributed by atoms with Crippen LogP contribution in [0.1, 0.15) is 35.8 Å². The molecular formula is C15H21N3O2. The number of amides is 1. The monoisotopic (exact) mass is 275 g/mol. The Balaban J connectivity index is 2.19. The summed E-state index contributed by atoms with van der Waals surface area (Å²) in [4.78, 5) is 14.4. The van der Waals surface area contributed by atoms with Crippen LogP contribution in [0.15, 0.2) is 28.9 Å². The third kappa shape index (κ3) is 3.29.